The molecule has 0 aliphatic carbocycles. The van der Waals surface area contributed by atoms with Gasteiger partial charge in [0, 0.05) is 49.9 Å². The molecule has 1 N–H and O–H groups in total. The molecule has 0 atom stereocenters. The number of ether oxygens (including phenoxy) is 1. The molecule has 192 valence electrons. The van der Waals surface area contributed by atoms with Gasteiger partial charge in [0.2, 0.25) is 10.0 Å². The van der Waals surface area contributed by atoms with E-state index in [-0.39, 0.29) is 22.0 Å². The van der Waals surface area contributed by atoms with Crippen LogP contribution in [0, 0.1) is 20.2 Å². The van der Waals surface area contributed by atoms with Crippen molar-refractivity contribution in [3.63, 3.8) is 0 Å². The maximum absolute atomic E-state index is 13.2. The van der Waals surface area contributed by atoms with Gasteiger partial charge in [0.15, 0.2) is 0 Å². The first-order valence-electron chi connectivity index (χ1n) is 11.5. The lowest BCUT2D eigenvalue weighted by Gasteiger charge is -2.28. The lowest BCUT2D eigenvalue weighted by molar-refractivity contribution is -0.385. The Hall–Kier alpha value is -3.62. The van der Waals surface area contributed by atoms with Crippen LogP contribution in [-0.2, 0) is 14.8 Å². The summed E-state index contributed by atoms with van der Waals surface area (Å²) in [5, 5.41) is 27.0. The van der Waals surface area contributed by atoms with Crippen LogP contribution in [0.15, 0.2) is 46.4 Å². The summed E-state index contributed by atoms with van der Waals surface area (Å²) in [6.45, 7) is 2.75. The first kappa shape index (κ1) is 25.5. The lowest BCUT2D eigenvalue weighted by atomic mass is 10.1. The molecule has 2 saturated heterocycles. The summed E-state index contributed by atoms with van der Waals surface area (Å²) in [4.78, 5) is 23.5. The van der Waals surface area contributed by atoms with E-state index in [1.165, 1.54) is 28.7 Å². The van der Waals surface area contributed by atoms with Gasteiger partial charge in [-0.1, -0.05) is 12.5 Å². The Morgan fingerprint density at radius 3 is 2.33 bits per heavy atom. The summed E-state index contributed by atoms with van der Waals surface area (Å²) in [6.07, 6.45) is 3.68. The third kappa shape index (κ3) is 5.61. The van der Waals surface area contributed by atoms with Gasteiger partial charge in [0.05, 0.1) is 35.0 Å². The number of nitro benzene ring substituents is 2. The number of non-ortho nitro benzene ring substituents is 1. The molecule has 14 heteroatoms. The van der Waals surface area contributed by atoms with E-state index in [9.17, 15) is 28.6 Å². The van der Waals surface area contributed by atoms with Gasteiger partial charge in [0.1, 0.15) is 10.6 Å². The fourth-order valence-electron chi connectivity index (χ4n) is 4.19. The van der Waals surface area contributed by atoms with E-state index >= 15 is 0 Å². The van der Waals surface area contributed by atoms with Crippen LogP contribution in [0.1, 0.15) is 24.8 Å². The summed E-state index contributed by atoms with van der Waals surface area (Å²) in [7, 11) is -3.99. The van der Waals surface area contributed by atoms with Crippen molar-refractivity contribution in [2.45, 2.75) is 24.2 Å². The number of nitro groups is 2. The molecule has 2 aromatic carbocycles. The molecule has 2 aliphatic rings. The van der Waals surface area contributed by atoms with E-state index in [0.717, 1.165) is 12.5 Å². The van der Waals surface area contributed by atoms with Gasteiger partial charge in [-0.2, -0.15) is 9.41 Å². The molecular formula is C22H26N6O7S. The first-order valence-corrected chi connectivity index (χ1v) is 12.9. The maximum Gasteiger partial charge on any atom is 0.293 e. The number of piperidine rings is 1. The average Bonchev–Trinajstić information content (AvgIpc) is 2.89. The second-order valence-corrected chi connectivity index (χ2v) is 10.3. The number of nitrogens with zero attached hydrogens (tertiary/aromatic N) is 5. The number of hydrazone groups is 1. The van der Waals surface area contributed by atoms with Gasteiger partial charge in [-0.15, -0.1) is 0 Å². The van der Waals surface area contributed by atoms with E-state index in [0.29, 0.717) is 63.5 Å². The predicted molar refractivity (Wildman–Crippen MR) is 133 cm³/mol. The Kier molecular flexibility index (Phi) is 7.76. The SMILES string of the molecule is O=[N+]([O-])c1ccc(N/N=C/c2ccc(N3CCOCC3)c([N+](=O)[O-])c2)c(S(=O)(=O)N2CCCCC2)c1. The second-order valence-electron chi connectivity index (χ2n) is 8.38. The Balaban J connectivity index is 1.60. The molecular weight excluding hydrogens is 492 g/mol. The summed E-state index contributed by atoms with van der Waals surface area (Å²) >= 11 is 0. The molecule has 0 amide bonds. The van der Waals surface area contributed by atoms with Gasteiger partial charge in [-0.05, 0) is 25.0 Å². The van der Waals surface area contributed by atoms with Crippen molar-refractivity contribution in [3.8, 4) is 0 Å². The predicted octanol–water partition coefficient (Wildman–Crippen LogP) is 2.96. The second kappa shape index (κ2) is 11.0. The summed E-state index contributed by atoms with van der Waals surface area (Å²) in [6, 6.07) is 8.19. The number of rotatable bonds is 8. The zero-order valence-electron chi connectivity index (χ0n) is 19.4. The topological polar surface area (TPSA) is 161 Å². The van der Waals surface area contributed by atoms with E-state index in [1.807, 2.05) is 4.90 Å². The van der Waals surface area contributed by atoms with Crippen LogP contribution in [0.5, 0.6) is 0 Å². The van der Waals surface area contributed by atoms with Crippen molar-refractivity contribution in [2.24, 2.45) is 5.10 Å². The van der Waals surface area contributed by atoms with Gasteiger partial charge in [0.25, 0.3) is 11.4 Å². The number of hydrogen-bond donors (Lipinski definition) is 1. The van der Waals surface area contributed by atoms with Crippen molar-refractivity contribution in [1.29, 1.82) is 0 Å². The highest BCUT2D eigenvalue weighted by molar-refractivity contribution is 7.89. The number of benzene rings is 2. The first-order chi connectivity index (χ1) is 17.3. The van der Waals surface area contributed by atoms with Crippen LogP contribution in [0.2, 0.25) is 0 Å². The Bertz CT molecular complexity index is 1270. The number of hydrogen-bond acceptors (Lipinski definition) is 10. The Morgan fingerprint density at radius 1 is 0.944 bits per heavy atom. The van der Waals surface area contributed by atoms with Crippen LogP contribution in [-0.4, -0.2) is 68.2 Å². The molecule has 2 aliphatic heterocycles. The molecule has 13 nitrogen and oxygen atoms in total. The van der Waals surface area contributed by atoms with Gasteiger partial charge < -0.3 is 9.64 Å². The smallest absolute Gasteiger partial charge is 0.293 e. The molecule has 2 aromatic rings. The summed E-state index contributed by atoms with van der Waals surface area (Å²) in [5.74, 6) is 0. The minimum Gasteiger partial charge on any atom is -0.378 e. The van der Waals surface area contributed by atoms with Crippen LogP contribution in [0.25, 0.3) is 0 Å². The van der Waals surface area contributed by atoms with E-state index in [2.05, 4.69) is 10.5 Å². The quantitative estimate of drug-likeness (QED) is 0.315. The third-order valence-corrected chi connectivity index (χ3v) is 7.99. The molecule has 2 fully saturated rings. The largest absolute Gasteiger partial charge is 0.378 e. The molecule has 36 heavy (non-hydrogen) atoms. The molecule has 0 aromatic heterocycles. The fraction of sp³-hybridized carbons (Fsp3) is 0.409. The zero-order chi connectivity index (χ0) is 25.7. The van der Waals surface area contributed by atoms with Gasteiger partial charge in [-0.25, -0.2) is 8.42 Å². The van der Waals surface area contributed by atoms with Crippen LogP contribution in [0.4, 0.5) is 22.7 Å². The monoisotopic (exact) mass is 518 g/mol. The maximum atomic E-state index is 13.2. The van der Waals surface area contributed by atoms with E-state index in [4.69, 9.17) is 4.74 Å². The van der Waals surface area contributed by atoms with Crippen molar-refractivity contribution in [3.05, 3.63) is 62.2 Å². The van der Waals surface area contributed by atoms with Crippen LogP contribution in [0.3, 0.4) is 0 Å². The van der Waals surface area contributed by atoms with Gasteiger partial charge in [-0.3, -0.25) is 25.7 Å². The highest BCUT2D eigenvalue weighted by Crippen LogP contribution is 2.31. The van der Waals surface area contributed by atoms with E-state index < -0.39 is 19.9 Å². The Morgan fingerprint density at radius 2 is 1.67 bits per heavy atom. The number of sulfonamides is 1. The van der Waals surface area contributed by atoms with Crippen LogP contribution >= 0.6 is 0 Å². The molecule has 0 spiro atoms. The number of morpholine rings is 1. The minimum atomic E-state index is -3.99. The molecule has 4 rings (SSSR count). The Labute approximate surface area is 207 Å². The molecule has 0 saturated carbocycles. The van der Waals surface area contributed by atoms with E-state index in [1.54, 1.807) is 12.1 Å². The lowest BCUT2D eigenvalue weighted by Crippen LogP contribution is -2.36. The van der Waals surface area contributed by atoms with Crippen molar-refractivity contribution >= 4 is 39.0 Å². The normalized spacial score (nSPS) is 17.3. The molecule has 0 bridgehead atoms. The third-order valence-electron chi connectivity index (χ3n) is 6.06. The van der Waals surface area contributed by atoms with Gasteiger partial charge >= 0.3 is 0 Å². The minimum absolute atomic E-state index is 0.0712. The van der Waals surface area contributed by atoms with Crippen LogP contribution < -0.4 is 10.3 Å². The molecule has 2 heterocycles. The highest BCUT2D eigenvalue weighted by atomic mass is 32.2. The molecule has 0 unspecified atom stereocenters. The highest BCUT2D eigenvalue weighted by Gasteiger charge is 2.30. The average molecular weight is 519 g/mol. The van der Waals surface area contributed by atoms with Crippen molar-refractivity contribution in [1.82, 2.24) is 4.31 Å². The summed E-state index contributed by atoms with van der Waals surface area (Å²) < 4.78 is 33.1. The standard InChI is InChI=1S/C22H26N6O7S/c29-27(30)18-5-6-19(22(15-18)36(33,34)26-8-2-1-3-9-26)24-23-16-17-4-7-20(21(14-17)28(31)32)25-10-12-35-13-11-25/h4-7,14-16,24H,1-3,8-13H2/b23-16+. The zero-order valence-corrected chi connectivity index (χ0v) is 20.2. The fourth-order valence-corrected chi connectivity index (χ4v) is 5.87. The molecule has 0 radical (unpaired) electrons. The summed E-state index contributed by atoms with van der Waals surface area (Å²) in [5.41, 5.74) is 3.19. The number of nitrogens with one attached hydrogen (secondary N) is 1. The van der Waals surface area contributed by atoms with Crippen molar-refractivity contribution < 1.29 is 23.0 Å². The van der Waals surface area contributed by atoms with Crippen molar-refractivity contribution in [2.75, 3.05) is 49.7 Å². The number of anilines is 2.